The topological polar surface area (TPSA) is 43.8 Å². The van der Waals surface area contributed by atoms with E-state index in [-0.39, 0.29) is 11.8 Å². The van der Waals surface area contributed by atoms with E-state index in [1.807, 2.05) is 84.1 Å². The third-order valence-electron chi connectivity index (χ3n) is 6.36. The molecule has 1 aliphatic rings. The Labute approximate surface area is 188 Å². The summed E-state index contributed by atoms with van der Waals surface area (Å²) in [5.74, 6) is 0.251. The monoisotopic (exact) mass is 434 g/mol. The van der Waals surface area contributed by atoms with E-state index < -0.39 is 5.60 Å². The molecule has 0 aliphatic carbocycles. The first-order chi connectivity index (χ1) is 15.1. The molecule has 1 amide bonds. The molecule has 4 nitrogen and oxygen atoms in total. The van der Waals surface area contributed by atoms with Gasteiger partial charge in [-0.05, 0) is 54.4 Å². The Morgan fingerprint density at radius 3 is 2.10 bits per heavy atom. The van der Waals surface area contributed by atoms with E-state index in [0.29, 0.717) is 13.1 Å². The Hall–Kier alpha value is -2.47. The van der Waals surface area contributed by atoms with E-state index in [0.717, 1.165) is 37.1 Å². The minimum absolute atomic E-state index is 0.104. The number of hydrogen-bond donors (Lipinski definition) is 1. The fraction of sp³-hybridized carbons (Fsp3) is 0.346. The van der Waals surface area contributed by atoms with Crippen LogP contribution in [0.3, 0.4) is 0 Å². The van der Waals surface area contributed by atoms with Gasteiger partial charge in [-0.2, -0.15) is 0 Å². The molecular formula is C26H30N2O2S. The standard InChI is InChI=1S/C26H30N2O2S/c1-27(19-24-13-8-18-31-24)25(29)20-28-16-14-23(15-17-28)26(30,21-9-4-2-5-10-21)22-11-6-3-7-12-22/h2-13,18,23,30H,14-17,19-20H2,1H3. The lowest BCUT2D eigenvalue weighted by molar-refractivity contribution is -0.132. The van der Waals surface area contributed by atoms with Gasteiger partial charge in [0.2, 0.25) is 5.91 Å². The summed E-state index contributed by atoms with van der Waals surface area (Å²) in [6.07, 6.45) is 1.70. The van der Waals surface area contributed by atoms with E-state index in [1.165, 1.54) is 4.88 Å². The van der Waals surface area contributed by atoms with Crippen LogP contribution in [0.15, 0.2) is 78.2 Å². The van der Waals surface area contributed by atoms with E-state index in [2.05, 4.69) is 11.0 Å². The van der Waals surface area contributed by atoms with Crippen molar-refractivity contribution < 1.29 is 9.90 Å². The SMILES string of the molecule is CN(Cc1cccs1)C(=O)CN1CCC(C(O)(c2ccccc2)c2ccccc2)CC1. The highest BCUT2D eigenvalue weighted by Gasteiger charge is 2.41. The number of aliphatic hydroxyl groups is 1. The summed E-state index contributed by atoms with van der Waals surface area (Å²) in [5.41, 5.74) is 0.854. The molecule has 0 bridgehead atoms. The minimum atomic E-state index is -1.02. The quantitative estimate of drug-likeness (QED) is 0.601. The predicted molar refractivity (Wildman–Crippen MR) is 126 cm³/mol. The lowest BCUT2D eigenvalue weighted by Crippen LogP contribution is -2.47. The molecule has 0 spiro atoms. The first-order valence-corrected chi connectivity index (χ1v) is 11.8. The second-order valence-corrected chi connectivity index (χ2v) is 9.41. The maximum absolute atomic E-state index is 12.7. The van der Waals surface area contributed by atoms with Crippen molar-refractivity contribution >= 4 is 17.2 Å². The third kappa shape index (κ3) is 4.90. The average molecular weight is 435 g/mol. The molecule has 2 aromatic carbocycles. The molecule has 1 fully saturated rings. The van der Waals surface area contributed by atoms with Gasteiger partial charge < -0.3 is 10.0 Å². The molecule has 0 saturated carbocycles. The summed E-state index contributed by atoms with van der Waals surface area (Å²) in [6, 6.07) is 24.1. The first-order valence-electron chi connectivity index (χ1n) is 10.9. The van der Waals surface area contributed by atoms with E-state index >= 15 is 0 Å². The highest BCUT2D eigenvalue weighted by atomic mass is 32.1. The van der Waals surface area contributed by atoms with Crippen molar-refractivity contribution in [1.29, 1.82) is 0 Å². The molecule has 1 saturated heterocycles. The summed E-state index contributed by atoms with van der Waals surface area (Å²) in [7, 11) is 1.87. The van der Waals surface area contributed by atoms with E-state index in [9.17, 15) is 9.90 Å². The predicted octanol–water partition coefficient (Wildman–Crippen LogP) is 4.35. The molecule has 4 rings (SSSR count). The molecule has 31 heavy (non-hydrogen) atoms. The molecule has 162 valence electrons. The smallest absolute Gasteiger partial charge is 0.236 e. The summed E-state index contributed by atoms with van der Waals surface area (Å²) in [4.78, 5) is 17.9. The number of amides is 1. The van der Waals surface area contributed by atoms with Gasteiger partial charge in [-0.25, -0.2) is 0 Å². The largest absolute Gasteiger partial charge is 0.380 e. The summed E-state index contributed by atoms with van der Waals surface area (Å²) in [5, 5.41) is 14.0. The van der Waals surface area contributed by atoms with Gasteiger partial charge >= 0.3 is 0 Å². The normalized spacial score (nSPS) is 15.7. The van der Waals surface area contributed by atoms with Gasteiger partial charge in [-0.15, -0.1) is 11.3 Å². The van der Waals surface area contributed by atoms with E-state index in [4.69, 9.17) is 0 Å². The number of hydrogen-bond acceptors (Lipinski definition) is 4. The Kier molecular flexibility index (Phi) is 6.86. The maximum Gasteiger partial charge on any atom is 0.236 e. The Balaban J connectivity index is 1.42. The van der Waals surface area contributed by atoms with Crippen molar-refractivity contribution in [2.45, 2.75) is 25.0 Å². The summed E-state index contributed by atoms with van der Waals surface area (Å²) >= 11 is 1.68. The van der Waals surface area contributed by atoms with Crippen molar-refractivity contribution in [3.8, 4) is 0 Å². The zero-order valence-corrected chi connectivity index (χ0v) is 18.8. The van der Waals surface area contributed by atoms with Crippen molar-refractivity contribution in [2.75, 3.05) is 26.7 Å². The number of benzene rings is 2. The second-order valence-electron chi connectivity index (χ2n) is 8.38. The molecule has 1 N–H and O–H groups in total. The number of thiophene rings is 1. The average Bonchev–Trinajstić information content (AvgIpc) is 3.33. The van der Waals surface area contributed by atoms with Crippen LogP contribution in [0.4, 0.5) is 0 Å². The van der Waals surface area contributed by atoms with Gasteiger partial charge in [0, 0.05) is 11.9 Å². The van der Waals surface area contributed by atoms with Crippen LogP contribution in [0.1, 0.15) is 28.8 Å². The van der Waals surface area contributed by atoms with Gasteiger partial charge in [0.1, 0.15) is 5.60 Å². The van der Waals surface area contributed by atoms with Crippen LogP contribution < -0.4 is 0 Å². The zero-order valence-electron chi connectivity index (χ0n) is 18.0. The van der Waals surface area contributed by atoms with Gasteiger partial charge in [-0.1, -0.05) is 66.7 Å². The van der Waals surface area contributed by atoms with Gasteiger partial charge in [0.05, 0.1) is 13.1 Å². The highest BCUT2D eigenvalue weighted by molar-refractivity contribution is 7.09. The molecule has 1 aromatic heterocycles. The van der Waals surface area contributed by atoms with Crippen molar-refractivity contribution in [2.24, 2.45) is 5.92 Å². The number of carbonyl (C=O) groups excluding carboxylic acids is 1. The number of carbonyl (C=O) groups is 1. The molecule has 1 aliphatic heterocycles. The zero-order chi connectivity index (χ0) is 21.7. The number of rotatable bonds is 7. The van der Waals surface area contributed by atoms with Crippen LogP contribution in [0.2, 0.25) is 0 Å². The van der Waals surface area contributed by atoms with Crippen LogP contribution in [0.25, 0.3) is 0 Å². The number of likely N-dealkylation sites (N-methyl/N-ethyl adjacent to an activating group) is 1. The third-order valence-corrected chi connectivity index (χ3v) is 7.23. The second kappa shape index (κ2) is 9.77. The van der Waals surface area contributed by atoms with Crippen LogP contribution in [-0.4, -0.2) is 47.5 Å². The van der Waals surface area contributed by atoms with Crippen LogP contribution in [0, 0.1) is 5.92 Å². The Morgan fingerprint density at radius 2 is 1.58 bits per heavy atom. The number of nitrogens with zero attached hydrogens (tertiary/aromatic N) is 2. The maximum atomic E-state index is 12.7. The number of likely N-dealkylation sites (tertiary alicyclic amines) is 1. The molecule has 3 aromatic rings. The highest BCUT2D eigenvalue weighted by Crippen LogP contribution is 2.41. The van der Waals surface area contributed by atoms with Gasteiger partial charge in [-0.3, -0.25) is 9.69 Å². The molecule has 0 unspecified atom stereocenters. The first kappa shape index (κ1) is 21.8. The Bertz CT molecular complexity index is 912. The van der Waals surface area contributed by atoms with Crippen molar-refractivity contribution in [3.63, 3.8) is 0 Å². The lowest BCUT2D eigenvalue weighted by atomic mass is 9.72. The van der Waals surface area contributed by atoms with Gasteiger partial charge in [0.15, 0.2) is 0 Å². The summed E-state index contributed by atoms with van der Waals surface area (Å²) in [6.45, 7) is 2.72. The Morgan fingerprint density at radius 1 is 1.00 bits per heavy atom. The minimum Gasteiger partial charge on any atom is -0.380 e. The fourth-order valence-corrected chi connectivity index (χ4v) is 5.33. The number of piperidine rings is 1. The van der Waals surface area contributed by atoms with Crippen molar-refractivity contribution in [3.05, 3.63) is 94.2 Å². The van der Waals surface area contributed by atoms with Gasteiger partial charge in [0.25, 0.3) is 0 Å². The van der Waals surface area contributed by atoms with Crippen molar-refractivity contribution in [1.82, 2.24) is 9.80 Å². The summed E-state index contributed by atoms with van der Waals surface area (Å²) < 4.78 is 0. The van der Waals surface area contributed by atoms with Crippen LogP contribution >= 0.6 is 11.3 Å². The van der Waals surface area contributed by atoms with Crippen LogP contribution in [-0.2, 0) is 16.9 Å². The van der Waals surface area contributed by atoms with E-state index in [1.54, 1.807) is 11.3 Å². The lowest BCUT2D eigenvalue weighted by Gasteiger charge is -2.42. The van der Waals surface area contributed by atoms with Crippen LogP contribution in [0.5, 0.6) is 0 Å². The molecule has 5 heteroatoms. The molecule has 0 radical (unpaired) electrons. The molecule has 0 atom stereocenters. The fourth-order valence-electron chi connectivity index (χ4n) is 4.57. The molecule has 2 heterocycles. The molecular weight excluding hydrogens is 404 g/mol.